The molecule has 1 amide bonds. The molecule has 1 aliphatic rings. The number of anilines is 1. The van der Waals surface area contributed by atoms with Crippen molar-refractivity contribution < 1.29 is 17.9 Å². The molecule has 0 unspecified atom stereocenters. The Morgan fingerprint density at radius 2 is 2.24 bits per heavy atom. The highest BCUT2D eigenvalue weighted by atomic mass is 32.2. The van der Waals surface area contributed by atoms with Gasteiger partial charge in [-0.15, -0.1) is 0 Å². The van der Waals surface area contributed by atoms with E-state index in [0.29, 0.717) is 31.0 Å². The van der Waals surface area contributed by atoms with E-state index in [-0.39, 0.29) is 18.2 Å². The summed E-state index contributed by atoms with van der Waals surface area (Å²) in [5.74, 6) is 0.0128. The summed E-state index contributed by atoms with van der Waals surface area (Å²) < 4.78 is 30.8. The Morgan fingerprint density at radius 1 is 1.43 bits per heavy atom. The first-order chi connectivity index (χ1) is 10.0. The van der Waals surface area contributed by atoms with E-state index in [1.807, 2.05) is 6.07 Å². The summed E-state index contributed by atoms with van der Waals surface area (Å²) in [5.41, 5.74) is 1.18. The second kappa shape index (κ2) is 6.77. The van der Waals surface area contributed by atoms with Gasteiger partial charge in [0.15, 0.2) is 5.75 Å². The fraction of sp³-hybridized carbons (Fsp3) is 0.462. The van der Waals surface area contributed by atoms with Gasteiger partial charge < -0.3 is 15.4 Å². The van der Waals surface area contributed by atoms with E-state index in [1.54, 1.807) is 19.1 Å². The quantitative estimate of drug-likeness (QED) is 0.695. The van der Waals surface area contributed by atoms with Crippen molar-refractivity contribution in [1.29, 1.82) is 0 Å². The number of sulfonamides is 1. The molecule has 8 heteroatoms. The largest absolute Gasteiger partial charge is 0.489 e. The topological polar surface area (TPSA) is 96.5 Å². The molecule has 0 bridgehead atoms. The standard InChI is InChI=1S/C13H19N3O4S/c1-2-16-21(18,19)9-7-15-13(17)10-4-3-5-11-12(10)20-8-6-14-11/h3-5,14,16H,2,6-9H2,1H3,(H,15,17). The lowest BCUT2D eigenvalue weighted by molar-refractivity contribution is 0.0952. The molecular weight excluding hydrogens is 294 g/mol. The van der Waals surface area contributed by atoms with E-state index in [9.17, 15) is 13.2 Å². The second-order valence-electron chi connectivity index (χ2n) is 4.53. The van der Waals surface area contributed by atoms with Crippen molar-refractivity contribution in [3.05, 3.63) is 23.8 Å². The van der Waals surface area contributed by atoms with Gasteiger partial charge >= 0.3 is 0 Å². The molecule has 2 rings (SSSR count). The van der Waals surface area contributed by atoms with Crippen molar-refractivity contribution in [1.82, 2.24) is 10.0 Å². The summed E-state index contributed by atoms with van der Waals surface area (Å²) in [4.78, 5) is 12.1. The Morgan fingerprint density at radius 3 is 3.00 bits per heavy atom. The summed E-state index contributed by atoms with van der Waals surface area (Å²) in [6.07, 6.45) is 0. The molecular formula is C13H19N3O4S. The highest BCUT2D eigenvalue weighted by Crippen LogP contribution is 2.30. The predicted octanol–water partition coefficient (Wildman–Crippen LogP) is 0.160. The molecule has 0 saturated carbocycles. The number of fused-ring (bicyclic) bond motifs is 1. The van der Waals surface area contributed by atoms with Crippen LogP contribution in [0.2, 0.25) is 0 Å². The molecule has 1 aromatic rings. The minimum Gasteiger partial charge on any atom is -0.489 e. The van der Waals surface area contributed by atoms with Crippen molar-refractivity contribution in [3.8, 4) is 5.75 Å². The fourth-order valence-corrected chi connectivity index (χ4v) is 2.99. The normalized spacial score (nSPS) is 13.8. The Hall–Kier alpha value is -1.80. The molecule has 21 heavy (non-hydrogen) atoms. The molecule has 0 radical (unpaired) electrons. The molecule has 7 nitrogen and oxygen atoms in total. The van der Waals surface area contributed by atoms with Crippen molar-refractivity contribution in [3.63, 3.8) is 0 Å². The van der Waals surface area contributed by atoms with Gasteiger partial charge in [0.1, 0.15) is 6.61 Å². The predicted molar refractivity (Wildman–Crippen MR) is 80.2 cm³/mol. The van der Waals surface area contributed by atoms with Crippen LogP contribution in [-0.2, 0) is 10.0 Å². The summed E-state index contributed by atoms with van der Waals surface area (Å²) in [7, 11) is -3.34. The van der Waals surface area contributed by atoms with E-state index in [2.05, 4.69) is 15.4 Å². The Bertz CT molecular complexity index is 616. The first-order valence-electron chi connectivity index (χ1n) is 6.78. The van der Waals surface area contributed by atoms with Crippen LogP contribution in [0.5, 0.6) is 5.75 Å². The van der Waals surface area contributed by atoms with Crippen molar-refractivity contribution in [2.24, 2.45) is 0 Å². The molecule has 0 atom stereocenters. The molecule has 1 heterocycles. The number of benzene rings is 1. The highest BCUT2D eigenvalue weighted by molar-refractivity contribution is 7.89. The van der Waals surface area contributed by atoms with E-state index in [4.69, 9.17) is 4.74 Å². The van der Waals surface area contributed by atoms with Crippen LogP contribution in [0.25, 0.3) is 0 Å². The lowest BCUT2D eigenvalue weighted by Crippen LogP contribution is -2.34. The van der Waals surface area contributed by atoms with Gasteiger partial charge in [-0.1, -0.05) is 13.0 Å². The number of hydrogen-bond donors (Lipinski definition) is 3. The van der Waals surface area contributed by atoms with E-state index < -0.39 is 10.0 Å². The van der Waals surface area contributed by atoms with Gasteiger partial charge in [0.25, 0.3) is 5.91 Å². The number of para-hydroxylation sites is 1. The Kier molecular flexibility index (Phi) is 5.03. The Balaban J connectivity index is 1.98. The van der Waals surface area contributed by atoms with E-state index in [0.717, 1.165) is 5.69 Å². The maximum absolute atomic E-state index is 12.1. The maximum atomic E-state index is 12.1. The molecule has 0 aliphatic carbocycles. The van der Waals surface area contributed by atoms with Gasteiger partial charge in [0.05, 0.1) is 17.0 Å². The zero-order valence-corrected chi connectivity index (χ0v) is 12.6. The number of ether oxygens (including phenoxy) is 1. The lowest BCUT2D eigenvalue weighted by Gasteiger charge is -2.21. The molecule has 0 aromatic heterocycles. The molecule has 0 fully saturated rings. The van der Waals surface area contributed by atoms with Gasteiger partial charge in [-0.2, -0.15) is 0 Å². The molecule has 1 aromatic carbocycles. The third-order valence-electron chi connectivity index (χ3n) is 2.94. The van der Waals surface area contributed by atoms with Crippen LogP contribution in [0.15, 0.2) is 18.2 Å². The molecule has 0 spiro atoms. The molecule has 116 valence electrons. The first-order valence-corrected chi connectivity index (χ1v) is 8.44. The van der Waals surface area contributed by atoms with Crippen LogP contribution in [0, 0.1) is 0 Å². The first kappa shape index (κ1) is 15.6. The SMILES string of the molecule is CCNS(=O)(=O)CCNC(=O)c1cccc2c1OCCN2. The van der Waals surface area contributed by atoms with Crippen LogP contribution in [-0.4, -0.2) is 46.3 Å². The fourth-order valence-electron chi connectivity index (χ4n) is 2.04. The number of hydrogen-bond acceptors (Lipinski definition) is 5. The van der Waals surface area contributed by atoms with Crippen LogP contribution in [0.1, 0.15) is 17.3 Å². The summed E-state index contributed by atoms with van der Waals surface area (Å²) in [6.45, 7) is 3.27. The average molecular weight is 313 g/mol. The molecule has 1 aliphatic heterocycles. The average Bonchev–Trinajstić information content (AvgIpc) is 2.46. The van der Waals surface area contributed by atoms with Crippen LogP contribution < -0.4 is 20.1 Å². The Labute approximate surface area is 124 Å². The van der Waals surface area contributed by atoms with Gasteiger partial charge in [-0.05, 0) is 12.1 Å². The number of amides is 1. The second-order valence-corrected chi connectivity index (χ2v) is 6.46. The summed E-state index contributed by atoms with van der Waals surface area (Å²) in [5, 5.41) is 5.74. The van der Waals surface area contributed by atoms with Gasteiger partial charge in [-0.3, -0.25) is 4.79 Å². The van der Waals surface area contributed by atoms with Gasteiger partial charge in [0.2, 0.25) is 10.0 Å². The third kappa shape index (κ3) is 4.08. The van der Waals surface area contributed by atoms with Crippen LogP contribution in [0.4, 0.5) is 5.69 Å². The maximum Gasteiger partial charge on any atom is 0.255 e. The van der Waals surface area contributed by atoms with E-state index in [1.165, 1.54) is 0 Å². The minimum atomic E-state index is -3.34. The van der Waals surface area contributed by atoms with Gasteiger partial charge in [-0.25, -0.2) is 13.1 Å². The van der Waals surface area contributed by atoms with Gasteiger partial charge in [0, 0.05) is 19.6 Å². The van der Waals surface area contributed by atoms with Crippen molar-refractivity contribution >= 4 is 21.6 Å². The summed E-state index contributed by atoms with van der Waals surface area (Å²) in [6, 6.07) is 5.24. The number of rotatable bonds is 6. The van der Waals surface area contributed by atoms with Crippen LogP contribution >= 0.6 is 0 Å². The van der Waals surface area contributed by atoms with Crippen molar-refractivity contribution in [2.45, 2.75) is 6.92 Å². The van der Waals surface area contributed by atoms with Crippen molar-refractivity contribution in [2.75, 3.05) is 37.3 Å². The third-order valence-corrected chi connectivity index (χ3v) is 4.41. The molecule has 0 saturated heterocycles. The number of carbonyl (C=O) groups excluding carboxylic acids is 1. The van der Waals surface area contributed by atoms with Crippen LogP contribution in [0.3, 0.4) is 0 Å². The number of carbonyl (C=O) groups is 1. The number of nitrogens with one attached hydrogen (secondary N) is 3. The lowest BCUT2D eigenvalue weighted by atomic mass is 10.1. The monoisotopic (exact) mass is 313 g/mol. The molecule has 3 N–H and O–H groups in total. The summed E-state index contributed by atoms with van der Waals surface area (Å²) >= 11 is 0. The van der Waals surface area contributed by atoms with E-state index >= 15 is 0 Å². The zero-order chi connectivity index (χ0) is 15.3. The smallest absolute Gasteiger partial charge is 0.255 e. The minimum absolute atomic E-state index is 0.0469. The highest BCUT2D eigenvalue weighted by Gasteiger charge is 2.19. The zero-order valence-electron chi connectivity index (χ0n) is 11.8.